The molecule has 1 aromatic rings. The molecule has 2 nitrogen and oxygen atoms in total. The third-order valence-corrected chi connectivity index (χ3v) is 5.80. The summed E-state index contributed by atoms with van der Waals surface area (Å²) in [5.41, 5.74) is 4.27. The van der Waals surface area contributed by atoms with Crippen LogP contribution < -0.4 is 0 Å². The van der Waals surface area contributed by atoms with Gasteiger partial charge in [0, 0.05) is 0 Å². The van der Waals surface area contributed by atoms with E-state index >= 15 is 0 Å². The standard InChI is InChI=1S/C23H34O2/c1-6-7-8-9-10-11-18(21(24)25)17-12-13-19-20(16-17)23(4,5)15-14-22(19,2)3/h11-13,16H,6-10,14-15H2,1-5H3,(H,24,25)/b18-11+. The molecule has 25 heavy (non-hydrogen) atoms. The summed E-state index contributed by atoms with van der Waals surface area (Å²) in [6.45, 7) is 11.3. The Kier molecular flexibility index (Phi) is 6.13. The number of carbonyl (C=O) groups is 1. The second-order valence-electron chi connectivity index (χ2n) is 8.80. The molecule has 1 aromatic carbocycles. The lowest BCUT2D eigenvalue weighted by Gasteiger charge is -2.42. The van der Waals surface area contributed by atoms with Gasteiger partial charge in [-0.15, -0.1) is 0 Å². The lowest BCUT2D eigenvalue weighted by Crippen LogP contribution is -2.33. The Balaban J connectivity index is 2.34. The molecule has 1 N–H and O–H groups in total. The molecular formula is C23H34O2. The van der Waals surface area contributed by atoms with E-state index in [-0.39, 0.29) is 10.8 Å². The molecule has 0 fully saturated rings. The number of fused-ring (bicyclic) bond motifs is 1. The fraction of sp³-hybridized carbons (Fsp3) is 0.609. The number of rotatable bonds is 7. The smallest absolute Gasteiger partial charge is 0.335 e. The maximum absolute atomic E-state index is 11.8. The van der Waals surface area contributed by atoms with Gasteiger partial charge in [0.1, 0.15) is 0 Å². The fourth-order valence-corrected chi connectivity index (χ4v) is 3.90. The molecule has 0 saturated heterocycles. The highest BCUT2D eigenvalue weighted by Crippen LogP contribution is 2.46. The predicted molar refractivity (Wildman–Crippen MR) is 106 cm³/mol. The van der Waals surface area contributed by atoms with E-state index in [1.807, 2.05) is 12.1 Å². The van der Waals surface area contributed by atoms with Gasteiger partial charge in [-0.3, -0.25) is 0 Å². The Labute approximate surface area is 153 Å². The van der Waals surface area contributed by atoms with Crippen LogP contribution in [0.15, 0.2) is 24.3 Å². The first-order chi connectivity index (χ1) is 11.7. The van der Waals surface area contributed by atoms with Crippen LogP contribution in [-0.4, -0.2) is 11.1 Å². The molecule has 0 aromatic heterocycles. The highest BCUT2D eigenvalue weighted by atomic mass is 16.4. The van der Waals surface area contributed by atoms with Gasteiger partial charge >= 0.3 is 5.97 Å². The molecule has 1 aliphatic rings. The molecule has 0 spiro atoms. The highest BCUT2D eigenvalue weighted by molar-refractivity contribution is 6.15. The normalized spacial score (nSPS) is 18.7. The van der Waals surface area contributed by atoms with Crippen LogP contribution in [0.5, 0.6) is 0 Å². The molecule has 0 bridgehead atoms. The van der Waals surface area contributed by atoms with Gasteiger partial charge < -0.3 is 5.11 Å². The van der Waals surface area contributed by atoms with Crippen molar-refractivity contribution in [3.8, 4) is 0 Å². The summed E-state index contributed by atoms with van der Waals surface area (Å²) in [6, 6.07) is 6.32. The van der Waals surface area contributed by atoms with Crippen molar-refractivity contribution in [1.82, 2.24) is 0 Å². The molecule has 0 unspecified atom stereocenters. The van der Waals surface area contributed by atoms with Crippen molar-refractivity contribution in [3.63, 3.8) is 0 Å². The lowest BCUT2D eigenvalue weighted by molar-refractivity contribution is -0.130. The number of carboxylic acid groups (broad SMARTS) is 1. The number of aliphatic carboxylic acids is 1. The van der Waals surface area contributed by atoms with Crippen molar-refractivity contribution in [1.29, 1.82) is 0 Å². The highest BCUT2D eigenvalue weighted by Gasteiger charge is 2.37. The van der Waals surface area contributed by atoms with Crippen LogP contribution in [0.1, 0.15) is 96.3 Å². The summed E-state index contributed by atoms with van der Waals surface area (Å²) in [5.74, 6) is -0.816. The minimum Gasteiger partial charge on any atom is -0.478 e. The van der Waals surface area contributed by atoms with E-state index in [9.17, 15) is 9.90 Å². The van der Waals surface area contributed by atoms with Gasteiger partial charge in [-0.2, -0.15) is 0 Å². The van der Waals surface area contributed by atoms with Crippen molar-refractivity contribution < 1.29 is 9.90 Å². The van der Waals surface area contributed by atoms with Crippen molar-refractivity contribution in [2.75, 3.05) is 0 Å². The third-order valence-electron chi connectivity index (χ3n) is 5.80. The average molecular weight is 343 g/mol. The first-order valence-corrected chi connectivity index (χ1v) is 9.78. The number of allylic oxidation sites excluding steroid dienone is 1. The summed E-state index contributed by atoms with van der Waals surface area (Å²) in [6.07, 6.45) is 9.72. The van der Waals surface area contributed by atoms with Crippen LogP contribution >= 0.6 is 0 Å². The molecular weight excluding hydrogens is 308 g/mol. The number of carboxylic acids is 1. The predicted octanol–water partition coefficient (Wildman–Crippen LogP) is 6.47. The van der Waals surface area contributed by atoms with Crippen molar-refractivity contribution >= 4 is 11.5 Å². The van der Waals surface area contributed by atoms with Gasteiger partial charge in [0.05, 0.1) is 5.57 Å². The van der Waals surface area contributed by atoms with Crippen molar-refractivity contribution in [2.24, 2.45) is 0 Å². The molecule has 0 aliphatic heterocycles. The molecule has 0 atom stereocenters. The summed E-state index contributed by atoms with van der Waals surface area (Å²) < 4.78 is 0. The summed E-state index contributed by atoms with van der Waals surface area (Å²) >= 11 is 0. The van der Waals surface area contributed by atoms with Crippen molar-refractivity contribution in [2.45, 2.75) is 90.4 Å². The molecule has 2 heteroatoms. The van der Waals surface area contributed by atoms with Gasteiger partial charge in [-0.05, 0) is 53.2 Å². The number of hydrogen-bond donors (Lipinski definition) is 1. The van der Waals surface area contributed by atoms with Gasteiger partial charge in [0.2, 0.25) is 0 Å². The Morgan fingerprint density at radius 3 is 2.28 bits per heavy atom. The zero-order chi connectivity index (χ0) is 18.7. The summed E-state index contributed by atoms with van der Waals surface area (Å²) in [4.78, 5) is 11.8. The Morgan fingerprint density at radius 1 is 1.04 bits per heavy atom. The largest absolute Gasteiger partial charge is 0.478 e. The van der Waals surface area contributed by atoms with Crippen LogP contribution in [0.25, 0.3) is 5.57 Å². The molecule has 0 amide bonds. The molecule has 0 saturated carbocycles. The third kappa shape index (κ3) is 4.54. The van der Waals surface area contributed by atoms with E-state index < -0.39 is 5.97 Å². The van der Waals surface area contributed by atoms with E-state index in [4.69, 9.17) is 0 Å². The molecule has 1 aliphatic carbocycles. The Hall–Kier alpha value is -1.57. The number of hydrogen-bond acceptors (Lipinski definition) is 1. The fourth-order valence-electron chi connectivity index (χ4n) is 3.90. The summed E-state index contributed by atoms with van der Waals surface area (Å²) in [5, 5.41) is 9.70. The second kappa shape index (κ2) is 7.76. The molecule has 138 valence electrons. The van der Waals surface area contributed by atoms with E-state index in [1.165, 1.54) is 36.8 Å². The van der Waals surface area contributed by atoms with Gasteiger partial charge in [-0.1, -0.05) is 78.2 Å². The van der Waals surface area contributed by atoms with E-state index in [0.29, 0.717) is 5.57 Å². The second-order valence-corrected chi connectivity index (χ2v) is 8.80. The lowest BCUT2D eigenvalue weighted by atomic mass is 9.63. The zero-order valence-corrected chi connectivity index (χ0v) is 16.6. The van der Waals surface area contributed by atoms with Crippen LogP contribution in [-0.2, 0) is 15.6 Å². The monoisotopic (exact) mass is 342 g/mol. The van der Waals surface area contributed by atoms with Crippen LogP contribution in [0.2, 0.25) is 0 Å². The molecule has 2 rings (SSSR count). The zero-order valence-electron chi connectivity index (χ0n) is 16.6. The average Bonchev–Trinajstić information content (AvgIpc) is 2.55. The van der Waals surface area contributed by atoms with Crippen LogP contribution in [0.3, 0.4) is 0 Å². The van der Waals surface area contributed by atoms with Crippen molar-refractivity contribution in [3.05, 3.63) is 41.0 Å². The summed E-state index contributed by atoms with van der Waals surface area (Å²) in [7, 11) is 0. The Morgan fingerprint density at radius 2 is 1.68 bits per heavy atom. The Bertz CT molecular complexity index is 650. The first kappa shape index (κ1) is 19.8. The molecule has 0 heterocycles. The van der Waals surface area contributed by atoms with E-state index in [1.54, 1.807) is 0 Å². The number of unbranched alkanes of at least 4 members (excludes halogenated alkanes) is 4. The van der Waals surface area contributed by atoms with Crippen LogP contribution in [0.4, 0.5) is 0 Å². The maximum Gasteiger partial charge on any atom is 0.335 e. The minimum atomic E-state index is -0.816. The van der Waals surface area contributed by atoms with Crippen LogP contribution in [0, 0.1) is 0 Å². The first-order valence-electron chi connectivity index (χ1n) is 9.78. The van der Waals surface area contributed by atoms with E-state index in [2.05, 4.69) is 46.8 Å². The maximum atomic E-state index is 11.8. The quantitative estimate of drug-likeness (QED) is 0.455. The minimum absolute atomic E-state index is 0.103. The van der Waals surface area contributed by atoms with Gasteiger partial charge in [0.15, 0.2) is 0 Å². The van der Waals surface area contributed by atoms with E-state index in [0.717, 1.165) is 24.8 Å². The topological polar surface area (TPSA) is 37.3 Å². The van der Waals surface area contributed by atoms with Gasteiger partial charge in [0.25, 0.3) is 0 Å². The number of benzene rings is 1. The SMILES string of the molecule is CCCCCC/C=C(/C(=O)O)c1ccc2c(c1)C(C)(C)CCC2(C)C. The van der Waals surface area contributed by atoms with Gasteiger partial charge in [-0.25, -0.2) is 4.79 Å². The molecule has 0 radical (unpaired) electrons.